The first-order valence-corrected chi connectivity index (χ1v) is 8.32. The summed E-state index contributed by atoms with van der Waals surface area (Å²) in [5.41, 5.74) is 5.54. The van der Waals surface area contributed by atoms with E-state index in [2.05, 4.69) is 5.32 Å². The molecule has 1 rings (SSSR count). The van der Waals surface area contributed by atoms with Crippen LogP contribution >= 0.6 is 12.2 Å². The zero-order chi connectivity index (χ0) is 13.8. The minimum absolute atomic E-state index is 0.0939. The molecule has 18 heavy (non-hydrogen) atoms. The van der Waals surface area contributed by atoms with Gasteiger partial charge in [-0.3, -0.25) is 4.79 Å². The number of amides is 1. The van der Waals surface area contributed by atoms with Crippen LogP contribution in [0.2, 0.25) is 0 Å². The number of rotatable bonds is 5. The molecule has 1 amide bonds. The zero-order valence-electron chi connectivity index (χ0n) is 10.5. The summed E-state index contributed by atoms with van der Waals surface area (Å²) in [6.07, 6.45) is 3.25. The van der Waals surface area contributed by atoms with E-state index in [9.17, 15) is 13.2 Å². The SMILES string of the molecule is CCCC(NC(=O)C1CCCCS1(=O)=O)C(N)=S. The maximum Gasteiger partial charge on any atom is 0.238 e. The predicted molar refractivity (Wildman–Crippen MR) is 75.0 cm³/mol. The fraction of sp³-hybridized carbons (Fsp3) is 0.818. The van der Waals surface area contributed by atoms with Gasteiger partial charge in [0, 0.05) is 0 Å². The van der Waals surface area contributed by atoms with Crippen molar-refractivity contribution in [2.24, 2.45) is 5.73 Å². The van der Waals surface area contributed by atoms with E-state index in [1.165, 1.54) is 0 Å². The molecule has 1 saturated heterocycles. The van der Waals surface area contributed by atoms with Crippen molar-refractivity contribution in [3.8, 4) is 0 Å². The van der Waals surface area contributed by atoms with Crippen LogP contribution in [0, 0.1) is 0 Å². The molecule has 1 aliphatic rings. The third-order valence-electron chi connectivity index (χ3n) is 3.11. The van der Waals surface area contributed by atoms with E-state index in [1.807, 2.05) is 6.92 Å². The molecular weight excluding hydrogens is 272 g/mol. The average Bonchev–Trinajstić information content (AvgIpc) is 2.27. The van der Waals surface area contributed by atoms with Crippen molar-refractivity contribution in [2.45, 2.75) is 50.3 Å². The van der Waals surface area contributed by atoms with Crippen molar-refractivity contribution >= 4 is 33.0 Å². The normalized spacial score (nSPS) is 24.2. The van der Waals surface area contributed by atoms with Gasteiger partial charge in [-0.1, -0.05) is 32.0 Å². The van der Waals surface area contributed by atoms with Crippen molar-refractivity contribution in [2.75, 3.05) is 5.75 Å². The van der Waals surface area contributed by atoms with Crippen LogP contribution in [-0.4, -0.2) is 36.4 Å². The lowest BCUT2D eigenvalue weighted by Gasteiger charge is -2.24. The second-order valence-electron chi connectivity index (χ2n) is 4.60. The number of hydrogen-bond donors (Lipinski definition) is 2. The molecular formula is C11H20N2O3S2. The van der Waals surface area contributed by atoms with Crippen molar-refractivity contribution in [3.05, 3.63) is 0 Å². The van der Waals surface area contributed by atoms with Crippen LogP contribution in [0.3, 0.4) is 0 Å². The molecule has 0 radical (unpaired) electrons. The van der Waals surface area contributed by atoms with Crippen molar-refractivity contribution in [3.63, 3.8) is 0 Å². The number of nitrogens with two attached hydrogens (primary N) is 1. The van der Waals surface area contributed by atoms with Crippen LogP contribution in [0.1, 0.15) is 39.0 Å². The lowest BCUT2D eigenvalue weighted by Crippen LogP contribution is -2.50. The highest BCUT2D eigenvalue weighted by molar-refractivity contribution is 7.92. The number of sulfone groups is 1. The smallest absolute Gasteiger partial charge is 0.238 e. The summed E-state index contributed by atoms with van der Waals surface area (Å²) in [6.45, 7) is 1.95. The van der Waals surface area contributed by atoms with Gasteiger partial charge in [0.15, 0.2) is 9.84 Å². The van der Waals surface area contributed by atoms with Crippen LogP contribution in [0.5, 0.6) is 0 Å². The molecule has 0 aromatic heterocycles. The molecule has 0 aromatic rings. The predicted octanol–water partition coefficient (Wildman–Crippen LogP) is 0.525. The van der Waals surface area contributed by atoms with E-state index >= 15 is 0 Å². The third kappa shape index (κ3) is 3.91. The Kier molecular flexibility index (Phi) is 5.52. The van der Waals surface area contributed by atoms with E-state index in [0.717, 1.165) is 12.8 Å². The topological polar surface area (TPSA) is 89.3 Å². The second kappa shape index (κ2) is 6.47. The summed E-state index contributed by atoms with van der Waals surface area (Å²) in [5.74, 6) is -0.364. The van der Waals surface area contributed by atoms with Gasteiger partial charge in [-0.25, -0.2) is 8.42 Å². The zero-order valence-corrected chi connectivity index (χ0v) is 12.1. The Morgan fingerprint density at radius 1 is 1.50 bits per heavy atom. The lowest BCUT2D eigenvalue weighted by molar-refractivity contribution is -0.121. The third-order valence-corrected chi connectivity index (χ3v) is 5.57. The molecule has 0 spiro atoms. The van der Waals surface area contributed by atoms with Crippen molar-refractivity contribution < 1.29 is 13.2 Å². The number of thiocarbonyl (C=S) groups is 1. The summed E-state index contributed by atoms with van der Waals surface area (Å²) in [7, 11) is -3.31. The molecule has 3 N–H and O–H groups in total. The Morgan fingerprint density at radius 3 is 2.67 bits per heavy atom. The molecule has 0 bridgehead atoms. The fourth-order valence-electron chi connectivity index (χ4n) is 2.09. The van der Waals surface area contributed by atoms with Crippen molar-refractivity contribution in [1.82, 2.24) is 5.32 Å². The number of hydrogen-bond acceptors (Lipinski definition) is 4. The summed E-state index contributed by atoms with van der Waals surface area (Å²) < 4.78 is 23.6. The number of carbonyl (C=O) groups excluding carboxylic acids is 1. The summed E-state index contributed by atoms with van der Waals surface area (Å²) in [5, 5.41) is 1.73. The summed E-state index contributed by atoms with van der Waals surface area (Å²) in [4.78, 5) is 12.2. The maximum atomic E-state index is 12.0. The highest BCUT2D eigenvalue weighted by Gasteiger charge is 2.35. The summed E-state index contributed by atoms with van der Waals surface area (Å²) in [6, 6.07) is -0.408. The highest BCUT2D eigenvalue weighted by atomic mass is 32.2. The molecule has 0 aromatic carbocycles. The molecule has 1 fully saturated rings. The van der Waals surface area contributed by atoms with Crippen LogP contribution in [0.15, 0.2) is 0 Å². The number of carbonyl (C=O) groups is 1. The molecule has 104 valence electrons. The molecule has 2 atom stereocenters. The van der Waals surface area contributed by atoms with E-state index in [0.29, 0.717) is 19.3 Å². The molecule has 0 aliphatic carbocycles. The van der Waals surface area contributed by atoms with E-state index in [1.54, 1.807) is 0 Å². The average molecular weight is 292 g/mol. The molecule has 2 unspecified atom stereocenters. The Morgan fingerprint density at radius 2 is 2.17 bits per heavy atom. The minimum Gasteiger partial charge on any atom is -0.392 e. The highest BCUT2D eigenvalue weighted by Crippen LogP contribution is 2.19. The molecule has 0 saturated carbocycles. The minimum atomic E-state index is -3.31. The van der Waals surface area contributed by atoms with Gasteiger partial charge in [0.05, 0.1) is 16.8 Å². The number of nitrogens with one attached hydrogen (secondary N) is 1. The van der Waals surface area contributed by atoms with Crippen molar-refractivity contribution in [1.29, 1.82) is 0 Å². The van der Waals surface area contributed by atoms with Gasteiger partial charge in [-0.05, 0) is 19.3 Å². The van der Waals surface area contributed by atoms with E-state index in [4.69, 9.17) is 18.0 Å². The van der Waals surface area contributed by atoms with Crippen LogP contribution < -0.4 is 11.1 Å². The first-order chi connectivity index (χ1) is 8.38. The van der Waals surface area contributed by atoms with Crippen LogP contribution in [0.4, 0.5) is 0 Å². The van der Waals surface area contributed by atoms with Gasteiger partial charge in [0.2, 0.25) is 5.91 Å². The van der Waals surface area contributed by atoms with E-state index < -0.39 is 27.0 Å². The largest absolute Gasteiger partial charge is 0.392 e. The van der Waals surface area contributed by atoms with Gasteiger partial charge < -0.3 is 11.1 Å². The van der Waals surface area contributed by atoms with Gasteiger partial charge in [-0.2, -0.15) is 0 Å². The monoisotopic (exact) mass is 292 g/mol. The summed E-state index contributed by atoms with van der Waals surface area (Å²) >= 11 is 4.87. The maximum absolute atomic E-state index is 12.0. The quantitative estimate of drug-likeness (QED) is 0.721. The lowest BCUT2D eigenvalue weighted by atomic mass is 10.1. The van der Waals surface area contributed by atoms with Crippen LogP contribution in [-0.2, 0) is 14.6 Å². The molecule has 1 aliphatic heterocycles. The molecule has 7 heteroatoms. The van der Waals surface area contributed by atoms with Gasteiger partial charge in [0.1, 0.15) is 5.25 Å². The van der Waals surface area contributed by atoms with E-state index in [-0.39, 0.29) is 10.7 Å². The first-order valence-electron chi connectivity index (χ1n) is 6.19. The van der Waals surface area contributed by atoms with Gasteiger partial charge >= 0.3 is 0 Å². The fourth-order valence-corrected chi connectivity index (χ4v) is 4.08. The molecule has 5 nitrogen and oxygen atoms in total. The second-order valence-corrected chi connectivity index (χ2v) is 7.38. The van der Waals surface area contributed by atoms with Gasteiger partial charge in [0.25, 0.3) is 0 Å². The first kappa shape index (κ1) is 15.4. The molecule has 1 heterocycles. The standard InChI is InChI=1S/C11H20N2O3S2/c1-2-5-8(10(12)17)13-11(14)9-6-3-4-7-18(9,15)16/h8-9H,2-7H2,1H3,(H2,12,17)(H,13,14). The van der Waals surface area contributed by atoms with Gasteiger partial charge in [-0.15, -0.1) is 0 Å². The Bertz CT molecular complexity index is 420. The Labute approximate surface area is 113 Å². The Hall–Kier alpha value is -0.690. The Balaban J connectivity index is 2.71. The van der Waals surface area contributed by atoms with Crippen LogP contribution in [0.25, 0.3) is 0 Å².